The van der Waals surface area contributed by atoms with Crippen LogP contribution in [0.25, 0.3) is 0 Å². The fourth-order valence-electron chi connectivity index (χ4n) is 2.22. The Kier molecular flexibility index (Phi) is 2.64. The number of rotatable bonds is 2. The highest BCUT2D eigenvalue weighted by atomic mass is 35.5. The summed E-state index contributed by atoms with van der Waals surface area (Å²) in [6.07, 6.45) is 0.530. The number of carboxylic acids is 1. The third kappa shape index (κ3) is 1.58. The third-order valence-corrected chi connectivity index (χ3v) is 3.31. The quantitative estimate of drug-likeness (QED) is 0.834. The van der Waals surface area contributed by atoms with Crippen molar-refractivity contribution in [3.05, 3.63) is 34.6 Å². The van der Waals surface area contributed by atoms with E-state index in [2.05, 4.69) is 0 Å². The van der Waals surface area contributed by atoms with E-state index >= 15 is 0 Å². The van der Waals surface area contributed by atoms with E-state index in [0.29, 0.717) is 0 Å². The van der Waals surface area contributed by atoms with Crippen molar-refractivity contribution in [2.45, 2.75) is 24.3 Å². The molecule has 86 valence electrons. The molecule has 2 rings (SSSR count). The topological polar surface area (TPSA) is 63.3 Å². The molecule has 3 N–H and O–H groups in total. The lowest BCUT2D eigenvalue weighted by molar-refractivity contribution is -0.148. The fraction of sp³-hybridized carbons (Fsp3) is 0.364. The maximum absolute atomic E-state index is 13.7. The van der Waals surface area contributed by atoms with E-state index in [1.165, 1.54) is 12.1 Å². The van der Waals surface area contributed by atoms with Gasteiger partial charge in [0.25, 0.3) is 0 Å². The molecule has 0 aromatic heterocycles. The van der Waals surface area contributed by atoms with E-state index in [9.17, 15) is 14.3 Å². The first-order valence-corrected chi connectivity index (χ1v) is 5.28. The number of aliphatic carboxylic acids is 1. The van der Waals surface area contributed by atoms with Gasteiger partial charge in [-0.15, -0.1) is 0 Å². The molecule has 0 atom stereocenters. The average molecular weight is 244 g/mol. The van der Waals surface area contributed by atoms with Gasteiger partial charge in [0.05, 0.1) is 5.41 Å². The van der Waals surface area contributed by atoms with Crippen LogP contribution in [0.3, 0.4) is 0 Å². The second-order valence-electron chi connectivity index (χ2n) is 4.18. The number of benzene rings is 1. The Hall–Kier alpha value is -1.13. The van der Waals surface area contributed by atoms with Gasteiger partial charge >= 0.3 is 5.97 Å². The normalized spacial score (nSPS) is 28.6. The Balaban J connectivity index is 2.45. The molecular formula is C11H11ClFNO2. The number of nitrogens with two attached hydrogens (primary N) is 1. The molecule has 1 aliphatic carbocycles. The molecule has 0 aliphatic heterocycles. The molecule has 5 heteroatoms. The number of carboxylic acid groups (broad SMARTS) is 1. The van der Waals surface area contributed by atoms with Gasteiger partial charge in [0.2, 0.25) is 0 Å². The summed E-state index contributed by atoms with van der Waals surface area (Å²) < 4.78 is 13.7. The lowest BCUT2D eigenvalue weighted by atomic mass is 9.61. The van der Waals surface area contributed by atoms with Gasteiger partial charge in [0.15, 0.2) is 0 Å². The Morgan fingerprint density at radius 3 is 2.62 bits per heavy atom. The second kappa shape index (κ2) is 3.71. The Morgan fingerprint density at radius 1 is 1.56 bits per heavy atom. The van der Waals surface area contributed by atoms with Crippen molar-refractivity contribution >= 4 is 17.6 Å². The lowest BCUT2D eigenvalue weighted by Gasteiger charge is -2.43. The molecule has 1 fully saturated rings. The number of hydrogen-bond acceptors (Lipinski definition) is 2. The van der Waals surface area contributed by atoms with E-state index < -0.39 is 17.2 Å². The first-order chi connectivity index (χ1) is 7.45. The molecule has 1 aromatic rings. The second-order valence-corrected chi connectivity index (χ2v) is 4.62. The number of hydrogen-bond donors (Lipinski definition) is 2. The van der Waals surface area contributed by atoms with Crippen LogP contribution in [0.5, 0.6) is 0 Å². The van der Waals surface area contributed by atoms with Crippen molar-refractivity contribution in [1.82, 2.24) is 0 Å². The summed E-state index contributed by atoms with van der Waals surface area (Å²) >= 11 is 5.62. The molecule has 1 saturated carbocycles. The van der Waals surface area contributed by atoms with Gasteiger partial charge in [-0.25, -0.2) is 4.39 Å². The maximum atomic E-state index is 13.7. The van der Waals surface area contributed by atoms with Crippen LogP contribution in [0.15, 0.2) is 18.2 Å². The van der Waals surface area contributed by atoms with Gasteiger partial charge < -0.3 is 10.8 Å². The molecule has 0 bridgehead atoms. The van der Waals surface area contributed by atoms with Crippen molar-refractivity contribution in [1.29, 1.82) is 0 Å². The van der Waals surface area contributed by atoms with Crippen molar-refractivity contribution in [3.63, 3.8) is 0 Å². The fourth-order valence-corrected chi connectivity index (χ4v) is 2.38. The molecule has 0 radical (unpaired) electrons. The van der Waals surface area contributed by atoms with E-state index in [1.807, 2.05) is 0 Å². The van der Waals surface area contributed by atoms with Gasteiger partial charge in [-0.3, -0.25) is 4.79 Å². The first kappa shape index (κ1) is 11.4. The van der Waals surface area contributed by atoms with Crippen LogP contribution in [-0.2, 0) is 10.2 Å². The summed E-state index contributed by atoms with van der Waals surface area (Å²) in [6.45, 7) is 0. The van der Waals surface area contributed by atoms with Crippen molar-refractivity contribution < 1.29 is 14.3 Å². The SMILES string of the molecule is NC1CC(C(=O)O)(c2ccc(Cl)cc2F)C1. The summed E-state index contributed by atoms with van der Waals surface area (Å²) in [7, 11) is 0. The highest BCUT2D eigenvalue weighted by Crippen LogP contribution is 2.44. The van der Waals surface area contributed by atoms with E-state index in [1.54, 1.807) is 0 Å². The minimum absolute atomic E-state index is 0.172. The van der Waals surface area contributed by atoms with E-state index in [4.69, 9.17) is 17.3 Å². The molecule has 16 heavy (non-hydrogen) atoms. The van der Waals surface area contributed by atoms with Crippen LogP contribution in [0, 0.1) is 5.82 Å². The maximum Gasteiger partial charge on any atom is 0.314 e. The summed E-state index contributed by atoms with van der Waals surface area (Å²) in [5.41, 5.74) is 4.60. The third-order valence-electron chi connectivity index (χ3n) is 3.08. The summed E-state index contributed by atoms with van der Waals surface area (Å²) in [5.74, 6) is -1.61. The van der Waals surface area contributed by atoms with Crippen LogP contribution in [0.2, 0.25) is 5.02 Å². The first-order valence-electron chi connectivity index (χ1n) is 4.90. The van der Waals surface area contributed by atoms with Gasteiger partial charge in [-0.2, -0.15) is 0 Å². The largest absolute Gasteiger partial charge is 0.481 e. The minimum Gasteiger partial charge on any atom is -0.481 e. The smallest absolute Gasteiger partial charge is 0.314 e. The highest BCUT2D eigenvalue weighted by molar-refractivity contribution is 6.30. The minimum atomic E-state index is -1.17. The van der Waals surface area contributed by atoms with E-state index in [0.717, 1.165) is 6.07 Å². The van der Waals surface area contributed by atoms with Gasteiger partial charge in [-0.05, 0) is 25.0 Å². The van der Waals surface area contributed by atoms with E-state index in [-0.39, 0.29) is 29.5 Å². The highest BCUT2D eigenvalue weighted by Gasteiger charge is 2.51. The monoisotopic (exact) mass is 243 g/mol. The van der Waals surface area contributed by atoms with Gasteiger partial charge in [-0.1, -0.05) is 17.7 Å². The molecule has 0 spiro atoms. The predicted octanol–water partition coefficient (Wildman–Crippen LogP) is 1.92. The van der Waals surface area contributed by atoms with Crippen molar-refractivity contribution in [3.8, 4) is 0 Å². The Bertz CT molecular complexity index is 444. The molecule has 0 unspecified atom stereocenters. The van der Waals surface area contributed by atoms with Crippen molar-refractivity contribution in [2.24, 2.45) is 5.73 Å². The lowest BCUT2D eigenvalue weighted by Crippen LogP contribution is -2.54. The van der Waals surface area contributed by atoms with Crippen LogP contribution in [0.1, 0.15) is 18.4 Å². The Labute approximate surface area is 97.0 Å². The molecule has 3 nitrogen and oxygen atoms in total. The van der Waals surface area contributed by atoms with Crippen molar-refractivity contribution in [2.75, 3.05) is 0 Å². The zero-order valence-corrected chi connectivity index (χ0v) is 9.17. The summed E-state index contributed by atoms with van der Waals surface area (Å²) in [4.78, 5) is 11.2. The van der Waals surface area contributed by atoms with Crippen LogP contribution >= 0.6 is 11.6 Å². The molecular weight excluding hydrogens is 233 g/mol. The average Bonchev–Trinajstić information content (AvgIpc) is 2.12. The molecule has 1 aromatic carbocycles. The van der Waals surface area contributed by atoms with Crippen LogP contribution < -0.4 is 5.73 Å². The number of carbonyl (C=O) groups is 1. The number of halogens is 2. The Morgan fingerprint density at radius 2 is 2.19 bits per heavy atom. The van der Waals surface area contributed by atoms with Gasteiger partial charge in [0.1, 0.15) is 5.82 Å². The van der Waals surface area contributed by atoms with Crippen LogP contribution in [0.4, 0.5) is 4.39 Å². The predicted molar refractivity (Wildman–Crippen MR) is 57.9 cm³/mol. The molecule has 0 amide bonds. The van der Waals surface area contributed by atoms with Crippen LogP contribution in [-0.4, -0.2) is 17.1 Å². The summed E-state index contributed by atoms with van der Waals surface area (Å²) in [5, 5.41) is 9.45. The van der Waals surface area contributed by atoms with Gasteiger partial charge in [0, 0.05) is 16.6 Å². The zero-order valence-electron chi connectivity index (χ0n) is 8.41. The molecule has 0 heterocycles. The molecule has 1 aliphatic rings. The standard InChI is InChI=1S/C11H11ClFNO2/c12-6-1-2-8(9(13)3-6)11(10(15)16)4-7(14)5-11/h1-3,7H,4-5,14H2,(H,15,16). The summed E-state index contributed by atoms with van der Waals surface area (Å²) in [6, 6.07) is 3.88. The molecule has 0 saturated heterocycles. The zero-order chi connectivity index (χ0) is 11.9.